The first-order chi connectivity index (χ1) is 13.8. The van der Waals surface area contributed by atoms with E-state index in [1.807, 2.05) is 43.6 Å². The van der Waals surface area contributed by atoms with E-state index in [1.165, 1.54) is 11.1 Å². The first-order valence-electron chi connectivity index (χ1n) is 10.1. The van der Waals surface area contributed by atoms with Gasteiger partial charge in [0.2, 0.25) is 11.8 Å². The minimum Gasteiger partial charge on any atom is -0.313 e. The number of aromatic nitrogens is 1. The van der Waals surface area contributed by atoms with Gasteiger partial charge in [0.25, 0.3) is 0 Å². The van der Waals surface area contributed by atoms with Gasteiger partial charge in [-0.1, -0.05) is 6.07 Å². The van der Waals surface area contributed by atoms with Crippen LogP contribution in [0.5, 0.6) is 0 Å². The summed E-state index contributed by atoms with van der Waals surface area (Å²) in [6.45, 7) is 9.49. The first kappa shape index (κ1) is 21.0. The van der Waals surface area contributed by atoms with Crippen molar-refractivity contribution in [2.45, 2.75) is 40.7 Å². The molecule has 0 bridgehead atoms. The summed E-state index contributed by atoms with van der Waals surface area (Å²) in [5.74, 6) is -0.342. The number of nitrogens with zero attached hydrogens (tertiary/aromatic N) is 3. The van der Waals surface area contributed by atoms with E-state index in [1.54, 1.807) is 30.7 Å². The number of hydrogen-bond donors (Lipinski definition) is 1. The van der Waals surface area contributed by atoms with Crippen molar-refractivity contribution in [3.8, 4) is 0 Å². The summed E-state index contributed by atoms with van der Waals surface area (Å²) >= 11 is 0. The van der Waals surface area contributed by atoms with Crippen molar-refractivity contribution >= 4 is 23.2 Å². The zero-order valence-electron chi connectivity index (χ0n) is 18.0. The molecule has 0 radical (unpaired) electrons. The van der Waals surface area contributed by atoms with Gasteiger partial charge in [-0.3, -0.25) is 14.6 Å². The molecule has 154 valence electrons. The van der Waals surface area contributed by atoms with Gasteiger partial charge in [0, 0.05) is 32.5 Å². The highest BCUT2D eigenvalue weighted by Crippen LogP contribution is 2.38. The van der Waals surface area contributed by atoms with Crippen LogP contribution in [-0.4, -0.2) is 36.9 Å². The lowest BCUT2D eigenvalue weighted by Crippen LogP contribution is -2.47. The van der Waals surface area contributed by atoms with Gasteiger partial charge in [-0.2, -0.15) is 0 Å². The number of fused-ring (bicyclic) bond motifs is 1. The van der Waals surface area contributed by atoms with E-state index in [9.17, 15) is 9.59 Å². The Labute approximate surface area is 172 Å². The van der Waals surface area contributed by atoms with Crippen molar-refractivity contribution in [1.82, 2.24) is 10.3 Å². The number of rotatable bonds is 6. The van der Waals surface area contributed by atoms with Crippen LogP contribution in [0.3, 0.4) is 0 Å². The van der Waals surface area contributed by atoms with Crippen LogP contribution in [0.15, 0.2) is 36.7 Å². The number of hydrogen-bond acceptors (Lipinski definition) is 4. The average Bonchev–Trinajstić information content (AvgIpc) is 2.76. The predicted octanol–water partition coefficient (Wildman–Crippen LogP) is 3.08. The van der Waals surface area contributed by atoms with Gasteiger partial charge in [-0.25, -0.2) is 0 Å². The van der Waals surface area contributed by atoms with Crippen LogP contribution < -0.4 is 15.1 Å². The molecule has 0 saturated carbocycles. The lowest BCUT2D eigenvalue weighted by Gasteiger charge is -2.27. The third kappa shape index (κ3) is 4.03. The highest BCUT2D eigenvalue weighted by molar-refractivity contribution is 6.19. The molecule has 0 spiro atoms. The van der Waals surface area contributed by atoms with E-state index >= 15 is 0 Å². The van der Waals surface area contributed by atoms with Crippen LogP contribution in [0.4, 0.5) is 11.4 Å². The summed E-state index contributed by atoms with van der Waals surface area (Å²) in [6, 6.07) is 8.00. The van der Waals surface area contributed by atoms with E-state index in [2.05, 4.69) is 17.2 Å². The minimum atomic E-state index is -1.08. The standard InChI is InChI=1S/C23H30N4O2/c1-6-27-19-8-7-17(14-24-12-10-18-15-25-11-9-16(18)2)13-20(19)26(5)21(28)23(3,4)22(27)29/h7-9,11,13,15,24H,6,10,12,14H2,1-5H3. The molecule has 1 aliphatic heterocycles. The number of nitrogens with one attached hydrogen (secondary N) is 1. The van der Waals surface area contributed by atoms with Crippen LogP contribution in [0.25, 0.3) is 0 Å². The number of carbonyl (C=O) groups is 2. The summed E-state index contributed by atoms with van der Waals surface area (Å²) in [7, 11) is 1.75. The molecular weight excluding hydrogens is 364 g/mol. The Hall–Kier alpha value is -2.73. The number of anilines is 2. The molecule has 1 aromatic heterocycles. The van der Waals surface area contributed by atoms with Crippen molar-refractivity contribution < 1.29 is 9.59 Å². The highest BCUT2D eigenvalue weighted by Gasteiger charge is 2.45. The van der Waals surface area contributed by atoms with Crippen LogP contribution in [-0.2, 0) is 22.6 Å². The molecule has 1 aliphatic rings. The lowest BCUT2D eigenvalue weighted by molar-refractivity contribution is -0.137. The molecule has 2 aromatic rings. The zero-order valence-corrected chi connectivity index (χ0v) is 18.0. The van der Waals surface area contributed by atoms with Crippen LogP contribution in [0.2, 0.25) is 0 Å². The summed E-state index contributed by atoms with van der Waals surface area (Å²) in [4.78, 5) is 33.4. The van der Waals surface area contributed by atoms with Crippen molar-refractivity contribution in [1.29, 1.82) is 0 Å². The van der Waals surface area contributed by atoms with Crippen LogP contribution in [0.1, 0.15) is 37.5 Å². The average molecular weight is 395 g/mol. The highest BCUT2D eigenvalue weighted by atomic mass is 16.2. The van der Waals surface area contributed by atoms with Gasteiger partial charge in [0.1, 0.15) is 5.41 Å². The largest absolute Gasteiger partial charge is 0.313 e. The minimum absolute atomic E-state index is 0.159. The van der Waals surface area contributed by atoms with E-state index < -0.39 is 5.41 Å². The number of aryl methyl sites for hydroxylation is 1. The Morgan fingerprint density at radius 3 is 2.55 bits per heavy atom. The first-order valence-corrected chi connectivity index (χ1v) is 10.1. The third-order valence-corrected chi connectivity index (χ3v) is 5.68. The summed E-state index contributed by atoms with van der Waals surface area (Å²) in [5.41, 5.74) is 4.05. The molecule has 0 unspecified atom stereocenters. The molecule has 6 heteroatoms. The van der Waals surface area contributed by atoms with Gasteiger partial charge in [0.15, 0.2) is 0 Å². The quantitative estimate of drug-likeness (QED) is 0.604. The Bertz CT molecular complexity index is 923. The van der Waals surface area contributed by atoms with E-state index in [0.717, 1.165) is 29.9 Å². The normalized spacial score (nSPS) is 16.0. The maximum atomic E-state index is 12.9. The summed E-state index contributed by atoms with van der Waals surface area (Å²) < 4.78 is 0. The molecule has 2 amide bonds. The molecular formula is C23H30N4O2. The molecule has 2 heterocycles. The molecule has 29 heavy (non-hydrogen) atoms. The Morgan fingerprint density at radius 2 is 1.86 bits per heavy atom. The van der Waals surface area contributed by atoms with Crippen molar-refractivity contribution in [3.05, 3.63) is 53.3 Å². The van der Waals surface area contributed by atoms with E-state index in [4.69, 9.17) is 0 Å². The van der Waals surface area contributed by atoms with Crippen LogP contribution in [0, 0.1) is 12.3 Å². The fraction of sp³-hybridized carbons (Fsp3) is 0.435. The second-order valence-electron chi connectivity index (χ2n) is 8.09. The smallest absolute Gasteiger partial charge is 0.242 e. The second-order valence-corrected chi connectivity index (χ2v) is 8.09. The fourth-order valence-corrected chi connectivity index (χ4v) is 3.77. The van der Waals surface area contributed by atoms with Crippen molar-refractivity contribution in [3.63, 3.8) is 0 Å². The third-order valence-electron chi connectivity index (χ3n) is 5.68. The molecule has 0 fully saturated rings. The number of carbonyl (C=O) groups excluding carboxylic acids is 2. The zero-order chi connectivity index (χ0) is 21.2. The Balaban J connectivity index is 1.76. The molecule has 1 aromatic carbocycles. The Kier molecular flexibility index (Phi) is 6.03. The number of pyridine rings is 1. The predicted molar refractivity (Wildman–Crippen MR) is 116 cm³/mol. The molecule has 0 aliphatic carbocycles. The van der Waals surface area contributed by atoms with Crippen molar-refractivity contribution in [2.24, 2.45) is 5.41 Å². The van der Waals surface area contributed by atoms with Crippen LogP contribution >= 0.6 is 0 Å². The van der Waals surface area contributed by atoms with Crippen molar-refractivity contribution in [2.75, 3.05) is 29.9 Å². The second kappa shape index (κ2) is 8.33. The monoisotopic (exact) mass is 394 g/mol. The molecule has 6 nitrogen and oxygen atoms in total. The number of benzene rings is 1. The summed E-state index contributed by atoms with van der Waals surface area (Å²) in [6.07, 6.45) is 4.64. The van der Waals surface area contributed by atoms with Gasteiger partial charge in [0.05, 0.1) is 11.4 Å². The lowest BCUT2D eigenvalue weighted by atomic mass is 9.90. The Morgan fingerprint density at radius 1 is 1.10 bits per heavy atom. The molecule has 0 atom stereocenters. The molecule has 3 rings (SSSR count). The maximum absolute atomic E-state index is 12.9. The summed E-state index contributed by atoms with van der Waals surface area (Å²) in [5, 5.41) is 3.46. The fourth-order valence-electron chi connectivity index (χ4n) is 3.77. The van der Waals surface area contributed by atoms with E-state index in [-0.39, 0.29) is 11.8 Å². The molecule has 1 N–H and O–H groups in total. The SMILES string of the molecule is CCN1C(=O)C(C)(C)C(=O)N(C)c2cc(CNCCc3cnccc3C)ccc21. The van der Waals surface area contributed by atoms with Gasteiger partial charge < -0.3 is 15.1 Å². The van der Waals surface area contributed by atoms with Gasteiger partial charge in [-0.15, -0.1) is 0 Å². The topological polar surface area (TPSA) is 65.5 Å². The molecule has 0 saturated heterocycles. The maximum Gasteiger partial charge on any atom is 0.242 e. The van der Waals surface area contributed by atoms with Gasteiger partial charge >= 0.3 is 0 Å². The van der Waals surface area contributed by atoms with Gasteiger partial charge in [-0.05, 0) is 75.5 Å². The van der Waals surface area contributed by atoms with E-state index in [0.29, 0.717) is 13.1 Å². The number of amides is 2.